The third-order valence-electron chi connectivity index (χ3n) is 3.01. The maximum atomic E-state index is 4.48. The molecule has 1 fully saturated rings. The van der Waals surface area contributed by atoms with Gasteiger partial charge < -0.3 is 10.2 Å². The average molecular weight is 254 g/mol. The summed E-state index contributed by atoms with van der Waals surface area (Å²) < 4.78 is 1.04. The number of aromatic nitrogens is 1. The first-order valence-corrected chi connectivity index (χ1v) is 5.80. The van der Waals surface area contributed by atoms with Crippen LogP contribution >= 0.6 is 15.9 Å². The van der Waals surface area contributed by atoms with E-state index in [2.05, 4.69) is 37.2 Å². The van der Waals surface area contributed by atoms with E-state index in [1.54, 1.807) is 0 Å². The van der Waals surface area contributed by atoms with Crippen molar-refractivity contribution in [2.24, 2.45) is 0 Å². The van der Waals surface area contributed by atoms with Crippen molar-refractivity contribution in [2.75, 3.05) is 23.3 Å². The minimum atomic E-state index is 0.663. The van der Waals surface area contributed by atoms with Crippen LogP contribution in [0.2, 0.25) is 0 Å². The first-order chi connectivity index (χ1) is 6.84. The molecule has 0 saturated carbocycles. The zero-order valence-electron chi connectivity index (χ0n) is 7.83. The van der Waals surface area contributed by atoms with Crippen molar-refractivity contribution in [1.82, 2.24) is 4.98 Å². The summed E-state index contributed by atoms with van der Waals surface area (Å²) in [7, 11) is 0. The second kappa shape index (κ2) is 3.12. The number of fused-ring (bicyclic) bond motifs is 3. The lowest BCUT2D eigenvalue weighted by Crippen LogP contribution is -2.39. The van der Waals surface area contributed by atoms with Crippen LogP contribution in [-0.2, 0) is 0 Å². The SMILES string of the molecule is Brc1cnc2c(c1)NCC1CCCN21. The maximum absolute atomic E-state index is 4.48. The second-order valence-corrected chi connectivity index (χ2v) is 4.81. The van der Waals surface area contributed by atoms with Gasteiger partial charge in [-0.25, -0.2) is 4.98 Å². The first-order valence-electron chi connectivity index (χ1n) is 5.00. The van der Waals surface area contributed by atoms with Gasteiger partial charge in [0.05, 0.1) is 5.69 Å². The highest BCUT2D eigenvalue weighted by molar-refractivity contribution is 9.10. The zero-order chi connectivity index (χ0) is 9.54. The van der Waals surface area contributed by atoms with E-state index in [1.165, 1.54) is 12.8 Å². The van der Waals surface area contributed by atoms with Crippen molar-refractivity contribution in [3.63, 3.8) is 0 Å². The molecule has 0 aromatic carbocycles. The molecule has 4 heteroatoms. The molecule has 0 radical (unpaired) electrons. The lowest BCUT2D eigenvalue weighted by atomic mass is 10.2. The van der Waals surface area contributed by atoms with Crippen LogP contribution in [0.3, 0.4) is 0 Å². The Hall–Kier alpha value is -0.770. The van der Waals surface area contributed by atoms with E-state index < -0.39 is 0 Å². The lowest BCUT2D eigenvalue weighted by Gasteiger charge is -2.33. The van der Waals surface area contributed by atoms with E-state index in [9.17, 15) is 0 Å². The molecule has 3 heterocycles. The number of halogens is 1. The number of nitrogens with one attached hydrogen (secondary N) is 1. The summed E-state index contributed by atoms with van der Waals surface area (Å²) in [6.45, 7) is 2.22. The van der Waals surface area contributed by atoms with Gasteiger partial charge >= 0.3 is 0 Å². The Labute approximate surface area is 91.6 Å². The summed E-state index contributed by atoms with van der Waals surface area (Å²) in [5.41, 5.74) is 1.16. The molecule has 0 aliphatic carbocycles. The largest absolute Gasteiger partial charge is 0.380 e. The van der Waals surface area contributed by atoms with E-state index in [0.29, 0.717) is 6.04 Å². The van der Waals surface area contributed by atoms with Gasteiger partial charge in [-0.15, -0.1) is 0 Å². The fourth-order valence-electron chi connectivity index (χ4n) is 2.35. The molecular formula is C10H12BrN3. The Morgan fingerprint density at radius 3 is 3.43 bits per heavy atom. The van der Waals surface area contributed by atoms with Crippen molar-refractivity contribution in [2.45, 2.75) is 18.9 Å². The number of pyridine rings is 1. The van der Waals surface area contributed by atoms with Gasteiger partial charge in [-0.1, -0.05) is 0 Å². The molecule has 2 aliphatic heterocycles. The van der Waals surface area contributed by atoms with Gasteiger partial charge in [0, 0.05) is 29.8 Å². The standard InChI is InChI=1S/C10H12BrN3/c11-7-4-9-10(13-5-7)14-3-1-2-8(14)6-12-9/h4-5,8,12H,1-3,6H2. The second-order valence-electron chi connectivity index (χ2n) is 3.90. The molecule has 1 aromatic heterocycles. The Bertz CT molecular complexity index is 366. The Morgan fingerprint density at radius 2 is 2.50 bits per heavy atom. The topological polar surface area (TPSA) is 28.2 Å². The van der Waals surface area contributed by atoms with Gasteiger partial charge in [0.1, 0.15) is 0 Å². The number of rotatable bonds is 0. The molecule has 14 heavy (non-hydrogen) atoms. The summed E-state index contributed by atoms with van der Waals surface area (Å²) in [5, 5.41) is 3.44. The van der Waals surface area contributed by atoms with Gasteiger partial charge in [0.15, 0.2) is 5.82 Å². The maximum Gasteiger partial charge on any atom is 0.152 e. The molecule has 1 aromatic rings. The predicted molar refractivity (Wildman–Crippen MR) is 60.8 cm³/mol. The predicted octanol–water partition coefficient (Wildman–Crippen LogP) is 2.24. The first kappa shape index (κ1) is 8.53. The highest BCUT2D eigenvalue weighted by Crippen LogP contribution is 2.35. The average Bonchev–Trinajstić information content (AvgIpc) is 2.65. The van der Waals surface area contributed by atoms with Crippen LogP contribution in [-0.4, -0.2) is 24.1 Å². The minimum Gasteiger partial charge on any atom is -0.380 e. The van der Waals surface area contributed by atoms with Crippen LogP contribution < -0.4 is 10.2 Å². The van der Waals surface area contributed by atoms with Gasteiger partial charge in [-0.2, -0.15) is 0 Å². The van der Waals surface area contributed by atoms with Crippen molar-refractivity contribution in [1.29, 1.82) is 0 Å². The van der Waals surface area contributed by atoms with Crippen molar-refractivity contribution in [3.05, 3.63) is 16.7 Å². The lowest BCUT2D eigenvalue weighted by molar-refractivity contribution is 0.675. The van der Waals surface area contributed by atoms with Gasteiger partial charge in [-0.3, -0.25) is 0 Å². The number of nitrogens with zero attached hydrogens (tertiary/aromatic N) is 2. The Balaban J connectivity index is 2.05. The van der Waals surface area contributed by atoms with Crippen LogP contribution in [0.15, 0.2) is 16.7 Å². The van der Waals surface area contributed by atoms with Crippen LogP contribution in [0.25, 0.3) is 0 Å². The van der Waals surface area contributed by atoms with Crippen molar-refractivity contribution >= 4 is 27.4 Å². The third-order valence-corrected chi connectivity index (χ3v) is 3.44. The summed E-state index contributed by atoms with van der Waals surface area (Å²) in [5.74, 6) is 1.13. The van der Waals surface area contributed by atoms with E-state index in [0.717, 1.165) is 29.1 Å². The van der Waals surface area contributed by atoms with E-state index in [4.69, 9.17) is 0 Å². The van der Waals surface area contributed by atoms with Gasteiger partial charge in [0.25, 0.3) is 0 Å². The van der Waals surface area contributed by atoms with Gasteiger partial charge in [-0.05, 0) is 34.8 Å². The zero-order valence-corrected chi connectivity index (χ0v) is 9.42. The van der Waals surface area contributed by atoms with Crippen LogP contribution in [0.1, 0.15) is 12.8 Å². The number of hydrogen-bond acceptors (Lipinski definition) is 3. The summed E-state index contributed by atoms with van der Waals surface area (Å²) >= 11 is 3.44. The molecule has 1 saturated heterocycles. The quantitative estimate of drug-likeness (QED) is 0.769. The van der Waals surface area contributed by atoms with Crippen LogP contribution in [0, 0.1) is 0 Å². The normalized spacial score (nSPS) is 24.1. The molecule has 2 aliphatic rings. The monoisotopic (exact) mass is 253 g/mol. The van der Waals surface area contributed by atoms with E-state index in [1.807, 2.05) is 6.20 Å². The number of hydrogen-bond donors (Lipinski definition) is 1. The smallest absolute Gasteiger partial charge is 0.152 e. The molecule has 0 bridgehead atoms. The van der Waals surface area contributed by atoms with Crippen molar-refractivity contribution in [3.8, 4) is 0 Å². The third kappa shape index (κ3) is 1.21. The number of anilines is 2. The molecule has 3 nitrogen and oxygen atoms in total. The fourth-order valence-corrected chi connectivity index (χ4v) is 2.68. The summed E-state index contributed by atoms with van der Waals surface area (Å²) in [4.78, 5) is 6.91. The summed E-state index contributed by atoms with van der Waals surface area (Å²) in [6.07, 6.45) is 4.47. The molecular weight excluding hydrogens is 242 g/mol. The van der Waals surface area contributed by atoms with Crippen molar-refractivity contribution < 1.29 is 0 Å². The van der Waals surface area contributed by atoms with E-state index in [-0.39, 0.29) is 0 Å². The fraction of sp³-hybridized carbons (Fsp3) is 0.500. The molecule has 3 rings (SSSR count). The van der Waals surface area contributed by atoms with Gasteiger partial charge in [0.2, 0.25) is 0 Å². The molecule has 0 amide bonds. The highest BCUT2D eigenvalue weighted by Gasteiger charge is 2.30. The van der Waals surface area contributed by atoms with Crippen LogP contribution in [0.5, 0.6) is 0 Å². The molecule has 74 valence electrons. The van der Waals surface area contributed by atoms with Crippen LogP contribution in [0.4, 0.5) is 11.5 Å². The molecule has 1 unspecified atom stereocenters. The molecule has 0 spiro atoms. The Kier molecular flexibility index (Phi) is 1.90. The highest BCUT2D eigenvalue weighted by atomic mass is 79.9. The van der Waals surface area contributed by atoms with E-state index >= 15 is 0 Å². The molecule has 1 N–H and O–H groups in total. The Morgan fingerprint density at radius 1 is 1.57 bits per heavy atom. The molecule has 1 atom stereocenters. The minimum absolute atomic E-state index is 0.663. The summed E-state index contributed by atoms with van der Waals surface area (Å²) in [6, 6.07) is 2.77.